The zero-order valence-corrected chi connectivity index (χ0v) is 19.8. The Hall–Kier alpha value is -3.51. The summed E-state index contributed by atoms with van der Waals surface area (Å²) in [4.78, 5) is 15.5. The predicted molar refractivity (Wildman–Crippen MR) is 133 cm³/mol. The molecular weight excluding hydrogens is 428 g/mol. The van der Waals surface area contributed by atoms with Crippen LogP contribution in [0.2, 0.25) is 0 Å². The molecule has 0 bridgehead atoms. The number of carbonyl (C=O) groups is 1. The molecule has 1 amide bonds. The van der Waals surface area contributed by atoms with E-state index < -0.39 is 0 Å². The Morgan fingerprint density at radius 2 is 1.56 bits per heavy atom. The number of nitrogens with zero attached hydrogens (tertiary/aromatic N) is 1. The van der Waals surface area contributed by atoms with Crippen LogP contribution in [0.3, 0.4) is 0 Å². The van der Waals surface area contributed by atoms with Crippen LogP contribution in [0.25, 0.3) is 0 Å². The lowest BCUT2D eigenvalue weighted by atomic mass is 10.0. The van der Waals surface area contributed by atoms with Crippen LogP contribution in [0.4, 0.5) is 0 Å². The highest BCUT2D eigenvalue weighted by atomic mass is 16.5. The van der Waals surface area contributed by atoms with Gasteiger partial charge >= 0.3 is 0 Å². The highest BCUT2D eigenvalue weighted by Gasteiger charge is 2.24. The molecule has 0 radical (unpaired) electrons. The number of likely N-dealkylation sites (tertiary alicyclic amines) is 1. The van der Waals surface area contributed by atoms with Crippen molar-refractivity contribution in [1.82, 2.24) is 10.2 Å². The van der Waals surface area contributed by atoms with Gasteiger partial charge in [0.1, 0.15) is 6.61 Å². The van der Waals surface area contributed by atoms with Gasteiger partial charge in [0.15, 0.2) is 11.5 Å². The van der Waals surface area contributed by atoms with Crippen molar-refractivity contribution in [3.05, 3.63) is 89.5 Å². The third-order valence-corrected chi connectivity index (χ3v) is 6.04. The van der Waals surface area contributed by atoms with Gasteiger partial charge in [-0.2, -0.15) is 0 Å². The minimum absolute atomic E-state index is 0.0935. The second kappa shape index (κ2) is 11.6. The fourth-order valence-corrected chi connectivity index (χ4v) is 4.31. The Morgan fingerprint density at radius 3 is 2.18 bits per heavy atom. The molecule has 0 spiro atoms. The average Bonchev–Trinajstić information content (AvgIpc) is 2.88. The molecule has 1 aliphatic rings. The molecule has 3 aromatic rings. The van der Waals surface area contributed by atoms with E-state index in [4.69, 9.17) is 14.2 Å². The first kappa shape index (κ1) is 23.6. The van der Waals surface area contributed by atoms with Crippen molar-refractivity contribution in [2.45, 2.75) is 32.0 Å². The Morgan fingerprint density at radius 1 is 0.941 bits per heavy atom. The Kier molecular flexibility index (Phi) is 8.04. The van der Waals surface area contributed by atoms with Crippen molar-refractivity contribution in [1.29, 1.82) is 0 Å². The Balaban J connectivity index is 1.43. The quantitative estimate of drug-likeness (QED) is 0.503. The van der Waals surface area contributed by atoms with Gasteiger partial charge < -0.3 is 19.5 Å². The van der Waals surface area contributed by atoms with E-state index in [-0.39, 0.29) is 11.9 Å². The molecule has 1 aliphatic heterocycles. The zero-order chi connectivity index (χ0) is 23.8. The lowest BCUT2D eigenvalue weighted by Crippen LogP contribution is -2.47. The van der Waals surface area contributed by atoms with Crippen molar-refractivity contribution < 1.29 is 19.0 Å². The number of carbonyl (C=O) groups excluding carboxylic acids is 1. The van der Waals surface area contributed by atoms with Gasteiger partial charge in [0.2, 0.25) is 5.75 Å². The fraction of sp³-hybridized carbons (Fsp3) is 0.321. The highest BCUT2D eigenvalue weighted by molar-refractivity contribution is 5.95. The van der Waals surface area contributed by atoms with Crippen LogP contribution < -0.4 is 19.5 Å². The summed E-state index contributed by atoms with van der Waals surface area (Å²) in [6.45, 7) is 3.13. The van der Waals surface area contributed by atoms with Crippen LogP contribution in [-0.2, 0) is 13.2 Å². The van der Waals surface area contributed by atoms with E-state index in [2.05, 4.69) is 34.5 Å². The standard InChI is InChI=1S/C28H32N2O4/c1-32-25-16-23(17-26(33-2)27(25)34-20-22-12-7-4-8-13-22)28(31)29-24-14-9-15-30(19-24)18-21-10-5-3-6-11-21/h3-8,10-13,16-17,24H,9,14-15,18-20H2,1-2H3,(H,29,31). The maximum atomic E-state index is 13.1. The molecule has 4 rings (SSSR count). The van der Waals surface area contributed by atoms with Gasteiger partial charge in [-0.3, -0.25) is 9.69 Å². The highest BCUT2D eigenvalue weighted by Crippen LogP contribution is 2.39. The summed E-state index contributed by atoms with van der Waals surface area (Å²) in [5, 5.41) is 3.20. The first-order chi connectivity index (χ1) is 16.7. The monoisotopic (exact) mass is 460 g/mol. The summed E-state index contributed by atoms with van der Waals surface area (Å²) in [6, 6.07) is 23.8. The van der Waals surface area contributed by atoms with Gasteiger partial charge in [0.05, 0.1) is 14.2 Å². The number of ether oxygens (including phenoxy) is 3. The second-order valence-corrected chi connectivity index (χ2v) is 8.52. The maximum Gasteiger partial charge on any atom is 0.251 e. The van der Waals surface area contributed by atoms with Crippen LogP contribution in [-0.4, -0.2) is 44.2 Å². The average molecular weight is 461 g/mol. The summed E-state index contributed by atoms with van der Waals surface area (Å²) < 4.78 is 17.1. The maximum absolute atomic E-state index is 13.1. The number of nitrogens with one attached hydrogen (secondary N) is 1. The minimum atomic E-state index is -0.141. The number of hydrogen-bond donors (Lipinski definition) is 1. The number of methoxy groups -OCH3 is 2. The van der Waals surface area contributed by atoms with Crippen molar-refractivity contribution in [3.8, 4) is 17.2 Å². The molecule has 1 unspecified atom stereocenters. The molecule has 1 atom stereocenters. The fourth-order valence-electron chi connectivity index (χ4n) is 4.31. The molecule has 0 saturated carbocycles. The normalized spacial score (nSPS) is 16.0. The largest absolute Gasteiger partial charge is 0.493 e. The molecule has 0 aromatic heterocycles. The van der Waals surface area contributed by atoms with E-state index in [0.29, 0.717) is 29.4 Å². The molecule has 1 saturated heterocycles. The van der Waals surface area contributed by atoms with Gasteiger partial charge in [-0.15, -0.1) is 0 Å². The molecule has 34 heavy (non-hydrogen) atoms. The predicted octanol–water partition coefficient (Wildman–Crippen LogP) is 4.68. The lowest BCUT2D eigenvalue weighted by molar-refractivity contribution is 0.0900. The SMILES string of the molecule is COc1cc(C(=O)NC2CCCN(Cc3ccccc3)C2)cc(OC)c1OCc1ccccc1. The Bertz CT molecular complexity index is 1050. The van der Waals surface area contributed by atoms with Crippen LogP contribution in [0.15, 0.2) is 72.8 Å². The first-order valence-corrected chi connectivity index (χ1v) is 11.7. The van der Waals surface area contributed by atoms with Crippen LogP contribution in [0.5, 0.6) is 17.2 Å². The van der Waals surface area contributed by atoms with Crippen molar-refractivity contribution >= 4 is 5.91 Å². The summed E-state index contributed by atoms with van der Waals surface area (Å²) >= 11 is 0. The van der Waals surface area contributed by atoms with Gasteiger partial charge in [0, 0.05) is 24.7 Å². The molecule has 1 heterocycles. The smallest absolute Gasteiger partial charge is 0.251 e. The van der Waals surface area contributed by atoms with E-state index in [1.807, 2.05) is 36.4 Å². The van der Waals surface area contributed by atoms with Crippen molar-refractivity contribution in [2.75, 3.05) is 27.3 Å². The van der Waals surface area contributed by atoms with Gasteiger partial charge in [-0.25, -0.2) is 0 Å². The summed E-state index contributed by atoms with van der Waals surface area (Å²) in [7, 11) is 3.13. The van der Waals surface area contributed by atoms with E-state index in [9.17, 15) is 4.79 Å². The molecule has 0 aliphatic carbocycles. The molecule has 3 aromatic carbocycles. The number of benzene rings is 3. The van der Waals surface area contributed by atoms with Crippen LogP contribution in [0, 0.1) is 0 Å². The molecule has 1 fully saturated rings. The lowest BCUT2D eigenvalue weighted by Gasteiger charge is -2.33. The van der Waals surface area contributed by atoms with Gasteiger partial charge in [-0.1, -0.05) is 60.7 Å². The summed E-state index contributed by atoms with van der Waals surface area (Å²) in [6.07, 6.45) is 2.01. The van der Waals surface area contributed by atoms with Gasteiger partial charge in [0.25, 0.3) is 5.91 Å². The molecule has 6 heteroatoms. The number of hydrogen-bond acceptors (Lipinski definition) is 5. The molecule has 6 nitrogen and oxygen atoms in total. The van der Waals surface area contributed by atoms with Crippen LogP contribution in [0.1, 0.15) is 34.3 Å². The number of amides is 1. The topological polar surface area (TPSA) is 60.0 Å². The van der Waals surface area contributed by atoms with E-state index in [0.717, 1.165) is 38.0 Å². The Labute approximate surface area is 201 Å². The third-order valence-electron chi connectivity index (χ3n) is 6.04. The number of rotatable bonds is 9. The van der Waals surface area contributed by atoms with Crippen LogP contribution >= 0.6 is 0 Å². The first-order valence-electron chi connectivity index (χ1n) is 11.7. The van der Waals surface area contributed by atoms with Crippen molar-refractivity contribution in [3.63, 3.8) is 0 Å². The second-order valence-electron chi connectivity index (χ2n) is 8.52. The summed E-state index contributed by atoms with van der Waals surface area (Å²) in [5.74, 6) is 1.28. The zero-order valence-electron chi connectivity index (χ0n) is 19.8. The molecule has 1 N–H and O–H groups in total. The van der Waals surface area contributed by atoms with Gasteiger partial charge in [-0.05, 0) is 42.6 Å². The van der Waals surface area contributed by atoms with E-state index >= 15 is 0 Å². The third kappa shape index (κ3) is 6.08. The van der Waals surface area contributed by atoms with E-state index in [1.165, 1.54) is 5.56 Å². The molecular formula is C28H32N2O4. The number of piperidine rings is 1. The summed E-state index contributed by atoms with van der Waals surface area (Å²) in [5.41, 5.74) is 2.81. The molecule has 178 valence electrons. The van der Waals surface area contributed by atoms with Crippen molar-refractivity contribution in [2.24, 2.45) is 0 Å². The van der Waals surface area contributed by atoms with E-state index in [1.54, 1.807) is 26.4 Å². The minimum Gasteiger partial charge on any atom is -0.493 e.